The van der Waals surface area contributed by atoms with Gasteiger partial charge in [0, 0.05) is 12.1 Å². The lowest BCUT2D eigenvalue weighted by molar-refractivity contribution is 0.0907. The highest BCUT2D eigenvalue weighted by Crippen LogP contribution is 2.39. The number of carbonyl (C=O) groups excluding carboxylic acids is 1. The summed E-state index contributed by atoms with van der Waals surface area (Å²) >= 11 is 0. The zero-order valence-corrected chi connectivity index (χ0v) is 12.1. The number of fused-ring (bicyclic) bond motifs is 1. The summed E-state index contributed by atoms with van der Waals surface area (Å²) in [5.74, 6) is -0.312. The van der Waals surface area contributed by atoms with E-state index in [9.17, 15) is 14.7 Å². The Labute approximate surface area is 122 Å². The quantitative estimate of drug-likeness (QED) is 0.845. The van der Waals surface area contributed by atoms with Crippen molar-refractivity contribution in [3.63, 3.8) is 0 Å². The van der Waals surface area contributed by atoms with Crippen molar-refractivity contribution in [3.05, 3.63) is 51.9 Å². The zero-order chi connectivity index (χ0) is 15.2. The molecule has 0 aliphatic heterocycles. The predicted molar refractivity (Wildman–Crippen MR) is 80.6 cm³/mol. The number of carbonyl (C=O) groups is 1. The minimum Gasteiger partial charge on any atom is -0.506 e. The third kappa shape index (κ3) is 2.27. The Bertz CT molecular complexity index is 773. The summed E-state index contributed by atoms with van der Waals surface area (Å²) in [5.41, 5.74) is 1.03. The summed E-state index contributed by atoms with van der Waals surface area (Å²) < 4.78 is 0. The van der Waals surface area contributed by atoms with Gasteiger partial charge in [0.25, 0.3) is 5.56 Å². The van der Waals surface area contributed by atoms with Gasteiger partial charge in [0.05, 0.1) is 11.1 Å². The molecule has 2 aromatic rings. The van der Waals surface area contributed by atoms with Crippen LogP contribution >= 0.6 is 0 Å². The normalized spacial score (nSPS) is 16.6. The SMILES string of the molecule is CC1(C)CC(=O)c2c([nH]c(=O)c(-c3ccccc3)c2O)C1. The number of pyridine rings is 1. The summed E-state index contributed by atoms with van der Waals surface area (Å²) in [5, 5.41) is 10.5. The molecular weight excluding hydrogens is 266 g/mol. The molecule has 1 aromatic heterocycles. The van der Waals surface area contributed by atoms with Gasteiger partial charge < -0.3 is 10.1 Å². The van der Waals surface area contributed by atoms with Gasteiger partial charge in [-0.1, -0.05) is 44.2 Å². The Kier molecular flexibility index (Phi) is 2.97. The number of aromatic hydroxyl groups is 1. The summed E-state index contributed by atoms with van der Waals surface area (Å²) in [7, 11) is 0. The van der Waals surface area contributed by atoms with Crippen LogP contribution in [0.25, 0.3) is 11.1 Å². The highest BCUT2D eigenvalue weighted by atomic mass is 16.3. The van der Waals surface area contributed by atoms with Crippen LogP contribution in [0.2, 0.25) is 0 Å². The molecule has 108 valence electrons. The molecular formula is C17H17NO3. The van der Waals surface area contributed by atoms with Crippen molar-refractivity contribution in [1.29, 1.82) is 0 Å². The van der Waals surface area contributed by atoms with E-state index < -0.39 is 0 Å². The van der Waals surface area contributed by atoms with Crippen LogP contribution in [0.15, 0.2) is 35.1 Å². The summed E-state index contributed by atoms with van der Waals surface area (Å²) in [4.78, 5) is 27.4. The molecule has 0 atom stereocenters. The number of hydrogen-bond acceptors (Lipinski definition) is 3. The number of benzene rings is 1. The number of rotatable bonds is 1. The molecule has 21 heavy (non-hydrogen) atoms. The van der Waals surface area contributed by atoms with E-state index in [-0.39, 0.29) is 33.6 Å². The number of ketones is 1. The minimum absolute atomic E-state index is 0.118. The molecule has 3 rings (SSSR count). The van der Waals surface area contributed by atoms with E-state index in [2.05, 4.69) is 4.98 Å². The number of Topliss-reactive ketones (excluding diaryl/α,β-unsaturated/α-hetero) is 1. The maximum atomic E-state index is 12.3. The summed E-state index contributed by atoms with van der Waals surface area (Å²) in [6, 6.07) is 8.90. The van der Waals surface area contributed by atoms with E-state index in [1.165, 1.54) is 0 Å². The van der Waals surface area contributed by atoms with Gasteiger partial charge >= 0.3 is 0 Å². The van der Waals surface area contributed by atoms with Crippen molar-refractivity contribution in [3.8, 4) is 16.9 Å². The molecule has 1 aromatic carbocycles. The van der Waals surface area contributed by atoms with Crippen LogP contribution in [0, 0.1) is 5.41 Å². The van der Waals surface area contributed by atoms with Crippen molar-refractivity contribution in [2.45, 2.75) is 26.7 Å². The van der Waals surface area contributed by atoms with Crippen LogP contribution in [-0.2, 0) is 6.42 Å². The second kappa shape index (κ2) is 4.58. The van der Waals surface area contributed by atoms with E-state index in [1.54, 1.807) is 24.3 Å². The second-order valence-corrected chi connectivity index (χ2v) is 6.34. The average Bonchev–Trinajstić information content (AvgIpc) is 2.37. The monoisotopic (exact) mass is 283 g/mol. The summed E-state index contributed by atoms with van der Waals surface area (Å²) in [6.45, 7) is 3.96. The maximum absolute atomic E-state index is 12.3. The van der Waals surface area contributed by atoms with Gasteiger partial charge in [0.1, 0.15) is 5.75 Å². The van der Waals surface area contributed by atoms with Gasteiger partial charge in [-0.2, -0.15) is 0 Å². The third-order valence-corrected chi connectivity index (χ3v) is 3.90. The third-order valence-electron chi connectivity index (χ3n) is 3.90. The van der Waals surface area contributed by atoms with E-state index in [0.29, 0.717) is 24.1 Å². The molecule has 0 saturated carbocycles. The number of nitrogens with one attached hydrogen (secondary N) is 1. The van der Waals surface area contributed by atoms with Gasteiger partial charge in [0.2, 0.25) is 0 Å². The van der Waals surface area contributed by atoms with Gasteiger partial charge in [-0.05, 0) is 17.4 Å². The molecule has 0 fully saturated rings. The standard InChI is InChI=1S/C17H17NO3/c1-17(2)8-11-14(12(19)9-17)15(20)13(16(21)18-11)10-6-4-3-5-7-10/h3-7H,8-9H2,1-2H3,(H2,18,20,21). The minimum atomic E-state index is -0.358. The average molecular weight is 283 g/mol. The second-order valence-electron chi connectivity index (χ2n) is 6.34. The first kappa shape index (κ1) is 13.6. The molecule has 1 heterocycles. The first-order valence-corrected chi connectivity index (χ1v) is 6.96. The Morgan fingerprint density at radius 1 is 1.05 bits per heavy atom. The highest BCUT2D eigenvalue weighted by molar-refractivity contribution is 6.02. The molecule has 0 spiro atoms. The number of H-pyrrole nitrogens is 1. The van der Waals surface area contributed by atoms with Crippen molar-refractivity contribution < 1.29 is 9.90 Å². The van der Waals surface area contributed by atoms with Gasteiger partial charge in [-0.15, -0.1) is 0 Å². The number of hydrogen-bond donors (Lipinski definition) is 2. The first-order chi connectivity index (χ1) is 9.89. The van der Waals surface area contributed by atoms with E-state index in [4.69, 9.17) is 0 Å². The zero-order valence-electron chi connectivity index (χ0n) is 12.1. The Balaban J connectivity index is 2.26. The van der Waals surface area contributed by atoms with Crippen molar-refractivity contribution in [2.75, 3.05) is 0 Å². The molecule has 2 N–H and O–H groups in total. The van der Waals surface area contributed by atoms with Crippen LogP contribution in [-0.4, -0.2) is 15.9 Å². The topological polar surface area (TPSA) is 70.2 Å². The molecule has 0 unspecified atom stereocenters. The van der Waals surface area contributed by atoms with E-state index in [0.717, 1.165) is 0 Å². The molecule has 4 nitrogen and oxygen atoms in total. The van der Waals surface area contributed by atoms with Crippen LogP contribution in [0.1, 0.15) is 36.3 Å². The van der Waals surface area contributed by atoms with Crippen LogP contribution < -0.4 is 5.56 Å². The molecule has 0 radical (unpaired) electrons. The molecule has 0 amide bonds. The lowest BCUT2D eigenvalue weighted by Gasteiger charge is -2.30. The van der Waals surface area contributed by atoms with Crippen LogP contribution in [0.4, 0.5) is 0 Å². The van der Waals surface area contributed by atoms with Crippen molar-refractivity contribution in [1.82, 2.24) is 4.98 Å². The Hall–Kier alpha value is -2.36. The first-order valence-electron chi connectivity index (χ1n) is 6.96. The predicted octanol–water partition coefficient (Wildman–Crippen LogP) is 2.90. The largest absolute Gasteiger partial charge is 0.506 e. The van der Waals surface area contributed by atoms with Crippen LogP contribution in [0.5, 0.6) is 5.75 Å². The van der Waals surface area contributed by atoms with Crippen LogP contribution in [0.3, 0.4) is 0 Å². The van der Waals surface area contributed by atoms with Gasteiger partial charge in [0.15, 0.2) is 5.78 Å². The van der Waals surface area contributed by atoms with Crippen molar-refractivity contribution >= 4 is 5.78 Å². The number of aromatic amines is 1. The van der Waals surface area contributed by atoms with Crippen molar-refractivity contribution in [2.24, 2.45) is 5.41 Å². The van der Waals surface area contributed by atoms with E-state index >= 15 is 0 Å². The smallest absolute Gasteiger partial charge is 0.259 e. The lowest BCUT2D eigenvalue weighted by atomic mass is 9.75. The fourth-order valence-corrected chi connectivity index (χ4v) is 3.01. The molecule has 1 aliphatic carbocycles. The Morgan fingerprint density at radius 2 is 1.71 bits per heavy atom. The lowest BCUT2D eigenvalue weighted by Crippen LogP contribution is -2.30. The molecule has 0 saturated heterocycles. The molecule has 1 aliphatic rings. The number of aromatic nitrogens is 1. The van der Waals surface area contributed by atoms with Gasteiger partial charge in [-0.3, -0.25) is 9.59 Å². The van der Waals surface area contributed by atoms with E-state index in [1.807, 2.05) is 19.9 Å². The maximum Gasteiger partial charge on any atom is 0.259 e. The fraction of sp³-hybridized carbons (Fsp3) is 0.294. The highest BCUT2D eigenvalue weighted by Gasteiger charge is 2.35. The summed E-state index contributed by atoms with van der Waals surface area (Å²) in [6.07, 6.45) is 0.944. The Morgan fingerprint density at radius 3 is 2.38 bits per heavy atom. The molecule has 0 bridgehead atoms. The molecule has 4 heteroatoms. The fourth-order valence-electron chi connectivity index (χ4n) is 3.01. The van der Waals surface area contributed by atoms with Gasteiger partial charge in [-0.25, -0.2) is 0 Å².